The highest BCUT2D eigenvalue weighted by Crippen LogP contribution is 2.21. The second-order valence-corrected chi connectivity index (χ2v) is 8.44. The largest absolute Gasteiger partial charge is 0.357 e. The minimum atomic E-state index is -3.18. The van der Waals surface area contributed by atoms with E-state index >= 15 is 0 Å². The molecule has 0 radical (unpaired) electrons. The molecule has 0 bridgehead atoms. The zero-order chi connectivity index (χ0) is 20.2. The van der Waals surface area contributed by atoms with E-state index in [4.69, 9.17) is 4.99 Å². The number of halogens is 1. The molecule has 0 spiro atoms. The van der Waals surface area contributed by atoms with E-state index in [0.29, 0.717) is 25.6 Å². The number of sulfonamides is 1. The van der Waals surface area contributed by atoms with Crippen LogP contribution in [-0.4, -0.2) is 46.8 Å². The summed E-state index contributed by atoms with van der Waals surface area (Å²) in [6, 6.07) is 20.8. The average Bonchev–Trinajstić information content (AvgIpc) is 2.69. The van der Waals surface area contributed by atoms with Crippen molar-refractivity contribution >= 4 is 40.0 Å². The van der Waals surface area contributed by atoms with Gasteiger partial charge in [0.2, 0.25) is 10.0 Å². The maximum absolute atomic E-state index is 11.2. The Kier molecular flexibility index (Phi) is 11.9. The van der Waals surface area contributed by atoms with Gasteiger partial charge in [-0.15, -0.1) is 24.0 Å². The Bertz CT molecular complexity index is 830. The molecule has 0 amide bonds. The number of nitrogens with zero attached hydrogens (tertiary/aromatic N) is 1. The number of guanidine groups is 1. The highest BCUT2D eigenvalue weighted by atomic mass is 127. The van der Waals surface area contributed by atoms with E-state index < -0.39 is 10.0 Å². The van der Waals surface area contributed by atoms with Crippen molar-refractivity contribution in [2.24, 2.45) is 4.99 Å². The predicted octanol–water partition coefficient (Wildman–Crippen LogP) is 2.74. The van der Waals surface area contributed by atoms with Crippen molar-refractivity contribution < 1.29 is 8.42 Å². The molecule has 0 aliphatic heterocycles. The minimum Gasteiger partial charge on any atom is -0.357 e. The first kappa shape index (κ1) is 25.4. The molecule has 0 saturated carbocycles. The van der Waals surface area contributed by atoms with E-state index in [9.17, 15) is 8.42 Å². The summed E-state index contributed by atoms with van der Waals surface area (Å²) in [5.41, 5.74) is 2.53. The third-order valence-electron chi connectivity index (χ3n) is 4.19. The third kappa shape index (κ3) is 10.6. The maximum atomic E-state index is 11.2. The summed E-state index contributed by atoms with van der Waals surface area (Å²) in [5.74, 6) is 0.944. The Morgan fingerprint density at radius 3 is 2.17 bits per heavy atom. The quantitative estimate of drug-likeness (QED) is 0.191. The second kappa shape index (κ2) is 13.6. The monoisotopic (exact) mass is 530 g/mol. The van der Waals surface area contributed by atoms with Gasteiger partial charge >= 0.3 is 0 Å². The zero-order valence-electron chi connectivity index (χ0n) is 17.0. The predicted molar refractivity (Wildman–Crippen MR) is 132 cm³/mol. The molecule has 0 aromatic heterocycles. The van der Waals surface area contributed by atoms with Gasteiger partial charge in [0.1, 0.15) is 0 Å². The molecule has 0 fully saturated rings. The number of hydrogen-bond donors (Lipinski definition) is 3. The molecule has 6 nitrogen and oxygen atoms in total. The van der Waals surface area contributed by atoms with Crippen LogP contribution in [-0.2, 0) is 16.4 Å². The summed E-state index contributed by atoms with van der Waals surface area (Å²) in [6.45, 7) is 4.15. The van der Waals surface area contributed by atoms with Gasteiger partial charge in [0.15, 0.2) is 5.96 Å². The van der Waals surface area contributed by atoms with Crippen molar-refractivity contribution in [3.63, 3.8) is 0 Å². The van der Waals surface area contributed by atoms with Crippen molar-refractivity contribution in [1.82, 2.24) is 15.4 Å². The molecule has 0 aliphatic rings. The second-order valence-electron chi connectivity index (χ2n) is 6.61. The van der Waals surface area contributed by atoms with Gasteiger partial charge in [-0.3, -0.25) is 4.99 Å². The molecule has 29 heavy (non-hydrogen) atoms. The number of hydrogen-bond acceptors (Lipinski definition) is 3. The van der Waals surface area contributed by atoms with Crippen LogP contribution in [0.25, 0.3) is 0 Å². The lowest BCUT2D eigenvalue weighted by atomic mass is 9.92. The normalized spacial score (nSPS) is 12.7. The SMILES string of the molecule is CCNC(=NCC(Cc1ccccc1)c1ccccc1)NCCNS(C)(=O)=O.I. The molecule has 2 rings (SSSR count). The summed E-state index contributed by atoms with van der Waals surface area (Å²) >= 11 is 0. The summed E-state index contributed by atoms with van der Waals surface area (Å²) in [6.07, 6.45) is 2.06. The fourth-order valence-electron chi connectivity index (χ4n) is 2.87. The van der Waals surface area contributed by atoms with Gasteiger partial charge in [0.25, 0.3) is 0 Å². The third-order valence-corrected chi connectivity index (χ3v) is 4.92. The first-order valence-electron chi connectivity index (χ1n) is 9.53. The molecule has 2 aromatic rings. The van der Waals surface area contributed by atoms with Gasteiger partial charge in [-0.25, -0.2) is 13.1 Å². The van der Waals surface area contributed by atoms with E-state index in [2.05, 4.69) is 63.9 Å². The Balaban J connectivity index is 0.00000420. The van der Waals surface area contributed by atoms with Gasteiger partial charge in [-0.2, -0.15) is 0 Å². The maximum Gasteiger partial charge on any atom is 0.208 e. The van der Waals surface area contributed by atoms with Crippen molar-refractivity contribution in [3.05, 3.63) is 71.8 Å². The number of aliphatic imine (C=N–C) groups is 1. The van der Waals surface area contributed by atoms with Crippen LogP contribution in [0.4, 0.5) is 0 Å². The van der Waals surface area contributed by atoms with Crippen LogP contribution >= 0.6 is 24.0 Å². The molecule has 160 valence electrons. The summed E-state index contributed by atoms with van der Waals surface area (Å²) in [4.78, 5) is 4.74. The van der Waals surface area contributed by atoms with Crippen LogP contribution in [0.1, 0.15) is 24.0 Å². The summed E-state index contributed by atoms with van der Waals surface area (Å²) < 4.78 is 24.8. The Hall–Kier alpha value is -1.65. The molecule has 1 atom stereocenters. The molecular weight excluding hydrogens is 499 g/mol. The topological polar surface area (TPSA) is 82.6 Å². The minimum absolute atomic E-state index is 0. The Morgan fingerprint density at radius 1 is 0.966 bits per heavy atom. The molecule has 8 heteroatoms. The molecule has 1 unspecified atom stereocenters. The van der Waals surface area contributed by atoms with Crippen molar-refractivity contribution in [2.45, 2.75) is 19.3 Å². The van der Waals surface area contributed by atoms with Crippen molar-refractivity contribution in [3.8, 4) is 0 Å². The average molecular weight is 530 g/mol. The number of rotatable bonds is 10. The van der Waals surface area contributed by atoms with Crippen LogP contribution in [0.15, 0.2) is 65.7 Å². The Morgan fingerprint density at radius 2 is 1.59 bits per heavy atom. The number of nitrogens with one attached hydrogen (secondary N) is 3. The van der Waals surface area contributed by atoms with Crippen LogP contribution in [0.3, 0.4) is 0 Å². The highest BCUT2D eigenvalue weighted by Gasteiger charge is 2.12. The fourth-order valence-corrected chi connectivity index (χ4v) is 3.35. The smallest absolute Gasteiger partial charge is 0.208 e. The molecule has 0 heterocycles. The lowest BCUT2D eigenvalue weighted by Gasteiger charge is -2.17. The van der Waals surface area contributed by atoms with Gasteiger partial charge in [-0.1, -0.05) is 60.7 Å². The lowest BCUT2D eigenvalue weighted by Crippen LogP contribution is -2.41. The van der Waals surface area contributed by atoms with E-state index in [1.807, 2.05) is 19.1 Å². The van der Waals surface area contributed by atoms with Gasteiger partial charge in [0, 0.05) is 32.1 Å². The van der Waals surface area contributed by atoms with E-state index in [1.54, 1.807) is 0 Å². The number of benzene rings is 2. The van der Waals surface area contributed by atoms with Crippen LogP contribution in [0, 0.1) is 0 Å². The Labute approximate surface area is 191 Å². The first-order chi connectivity index (χ1) is 13.5. The van der Waals surface area contributed by atoms with Gasteiger partial charge in [-0.05, 0) is 24.5 Å². The molecule has 0 aliphatic carbocycles. The molecule has 2 aromatic carbocycles. The van der Waals surface area contributed by atoms with Crippen LogP contribution in [0.2, 0.25) is 0 Å². The molecule has 3 N–H and O–H groups in total. The van der Waals surface area contributed by atoms with E-state index in [0.717, 1.165) is 19.2 Å². The van der Waals surface area contributed by atoms with Gasteiger partial charge < -0.3 is 10.6 Å². The zero-order valence-corrected chi connectivity index (χ0v) is 20.1. The van der Waals surface area contributed by atoms with E-state index in [1.165, 1.54) is 11.1 Å². The standard InChI is InChI=1S/C21H30N4O2S.HI/c1-3-22-21(23-14-15-25-28(2,26)27)24-17-20(19-12-8-5-9-13-19)16-18-10-6-4-7-11-18;/h4-13,20,25H,3,14-17H2,1-2H3,(H2,22,23,24);1H. The van der Waals surface area contributed by atoms with Crippen molar-refractivity contribution in [2.75, 3.05) is 32.4 Å². The van der Waals surface area contributed by atoms with E-state index in [-0.39, 0.29) is 29.9 Å². The molecular formula is C21H31IN4O2S. The summed E-state index contributed by atoms with van der Waals surface area (Å²) in [7, 11) is -3.18. The summed E-state index contributed by atoms with van der Waals surface area (Å²) in [5, 5.41) is 6.39. The highest BCUT2D eigenvalue weighted by molar-refractivity contribution is 14.0. The lowest BCUT2D eigenvalue weighted by molar-refractivity contribution is 0.586. The fraction of sp³-hybridized carbons (Fsp3) is 0.381. The van der Waals surface area contributed by atoms with Crippen LogP contribution in [0.5, 0.6) is 0 Å². The van der Waals surface area contributed by atoms with Crippen molar-refractivity contribution in [1.29, 1.82) is 0 Å². The molecule has 0 saturated heterocycles. The first-order valence-corrected chi connectivity index (χ1v) is 11.4. The van der Waals surface area contributed by atoms with Gasteiger partial charge in [0.05, 0.1) is 6.26 Å². The van der Waals surface area contributed by atoms with Crippen LogP contribution < -0.4 is 15.4 Å².